The average Bonchev–Trinajstić information content (AvgIpc) is 2.40. The Bertz CT molecular complexity index is 435. The molecule has 3 heteroatoms. The number of aryl methyl sites for hydroxylation is 1. The third kappa shape index (κ3) is 2.30. The van der Waals surface area contributed by atoms with Crippen LogP contribution < -0.4 is 4.74 Å². The van der Waals surface area contributed by atoms with Gasteiger partial charge in [0, 0.05) is 18.9 Å². The molecule has 16 heavy (non-hydrogen) atoms. The lowest BCUT2D eigenvalue weighted by molar-refractivity contribution is -0.131. The van der Waals surface area contributed by atoms with Crippen molar-refractivity contribution in [2.45, 2.75) is 32.6 Å². The van der Waals surface area contributed by atoms with Gasteiger partial charge in [-0.3, -0.25) is 9.59 Å². The summed E-state index contributed by atoms with van der Waals surface area (Å²) in [5.74, 6) is 0.391. The molecule has 1 aliphatic rings. The van der Waals surface area contributed by atoms with Gasteiger partial charge in [0.1, 0.15) is 5.75 Å². The van der Waals surface area contributed by atoms with E-state index in [4.69, 9.17) is 4.74 Å². The summed E-state index contributed by atoms with van der Waals surface area (Å²) >= 11 is 0. The van der Waals surface area contributed by atoms with Crippen LogP contribution in [0.1, 0.15) is 42.1 Å². The smallest absolute Gasteiger partial charge is 0.308 e. The number of rotatable bonds is 1. The topological polar surface area (TPSA) is 43.4 Å². The van der Waals surface area contributed by atoms with Crippen molar-refractivity contribution in [3.8, 4) is 5.75 Å². The van der Waals surface area contributed by atoms with Crippen LogP contribution in [0.5, 0.6) is 5.75 Å². The molecular weight excluding hydrogens is 204 g/mol. The molecule has 0 spiro atoms. The SMILES string of the molecule is CC(=O)Oc1ccc2c(c1)CCCCC2=O. The monoisotopic (exact) mass is 218 g/mol. The summed E-state index contributed by atoms with van der Waals surface area (Å²) in [5, 5.41) is 0. The lowest BCUT2D eigenvalue weighted by atomic mass is 10.0. The molecule has 0 heterocycles. The Kier molecular flexibility index (Phi) is 3.04. The van der Waals surface area contributed by atoms with Gasteiger partial charge in [0.2, 0.25) is 0 Å². The first-order valence-electron chi connectivity index (χ1n) is 5.51. The number of ether oxygens (including phenoxy) is 1. The summed E-state index contributed by atoms with van der Waals surface area (Å²) in [6.07, 6.45) is 3.47. The lowest BCUT2D eigenvalue weighted by Gasteiger charge is -2.07. The molecule has 1 aliphatic carbocycles. The molecule has 0 atom stereocenters. The normalized spacial score (nSPS) is 15.2. The third-order valence-electron chi connectivity index (χ3n) is 2.74. The van der Waals surface area contributed by atoms with Gasteiger partial charge >= 0.3 is 5.97 Å². The zero-order valence-corrected chi connectivity index (χ0v) is 9.29. The van der Waals surface area contributed by atoms with Crippen molar-refractivity contribution in [2.75, 3.05) is 0 Å². The third-order valence-corrected chi connectivity index (χ3v) is 2.74. The lowest BCUT2D eigenvalue weighted by Crippen LogP contribution is -2.04. The maximum Gasteiger partial charge on any atom is 0.308 e. The number of hydrogen-bond donors (Lipinski definition) is 0. The Morgan fingerprint density at radius 3 is 2.75 bits per heavy atom. The Hall–Kier alpha value is -1.64. The Balaban J connectivity index is 2.33. The van der Waals surface area contributed by atoms with Gasteiger partial charge in [0.05, 0.1) is 0 Å². The summed E-state index contributed by atoms with van der Waals surface area (Å²) < 4.78 is 5.01. The molecule has 1 aromatic carbocycles. The highest BCUT2D eigenvalue weighted by Crippen LogP contribution is 2.24. The molecule has 0 amide bonds. The number of carbonyl (C=O) groups excluding carboxylic acids is 2. The Morgan fingerprint density at radius 2 is 2.00 bits per heavy atom. The van der Waals surface area contributed by atoms with E-state index in [2.05, 4.69) is 0 Å². The highest BCUT2D eigenvalue weighted by Gasteiger charge is 2.16. The van der Waals surface area contributed by atoms with Crippen LogP contribution in [-0.4, -0.2) is 11.8 Å². The minimum atomic E-state index is -0.333. The summed E-state index contributed by atoms with van der Waals surface area (Å²) in [7, 11) is 0. The largest absolute Gasteiger partial charge is 0.427 e. The summed E-state index contributed by atoms with van der Waals surface area (Å²) in [4.78, 5) is 22.6. The van der Waals surface area contributed by atoms with Crippen LogP contribution in [0.3, 0.4) is 0 Å². The van der Waals surface area contributed by atoms with Gasteiger partial charge in [0.25, 0.3) is 0 Å². The van der Waals surface area contributed by atoms with E-state index in [1.807, 2.05) is 0 Å². The highest BCUT2D eigenvalue weighted by molar-refractivity contribution is 5.98. The minimum absolute atomic E-state index is 0.196. The van der Waals surface area contributed by atoms with E-state index in [0.717, 1.165) is 30.4 Å². The van der Waals surface area contributed by atoms with Gasteiger partial charge in [-0.1, -0.05) is 0 Å². The number of benzene rings is 1. The first kappa shape index (κ1) is 10.9. The van der Waals surface area contributed by atoms with Gasteiger partial charge in [-0.15, -0.1) is 0 Å². The second-order valence-electron chi connectivity index (χ2n) is 4.04. The fourth-order valence-corrected chi connectivity index (χ4v) is 2.01. The molecule has 2 rings (SSSR count). The van der Waals surface area contributed by atoms with Crippen LogP contribution in [-0.2, 0) is 11.2 Å². The average molecular weight is 218 g/mol. The van der Waals surface area contributed by atoms with Crippen molar-refractivity contribution in [3.05, 3.63) is 29.3 Å². The standard InChI is InChI=1S/C13H14O3/c1-9(14)16-11-6-7-12-10(8-11)4-2-3-5-13(12)15/h6-8H,2-5H2,1H3. The first-order valence-corrected chi connectivity index (χ1v) is 5.51. The Morgan fingerprint density at radius 1 is 1.25 bits per heavy atom. The Labute approximate surface area is 94.4 Å². The van der Waals surface area contributed by atoms with Crippen molar-refractivity contribution in [2.24, 2.45) is 0 Å². The van der Waals surface area contributed by atoms with Crippen LogP contribution >= 0.6 is 0 Å². The molecular formula is C13H14O3. The van der Waals surface area contributed by atoms with Gasteiger partial charge in [-0.25, -0.2) is 0 Å². The number of ketones is 1. The van der Waals surface area contributed by atoms with E-state index in [9.17, 15) is 9.59 Å². The van der Waals surface area contributed by atoms with Gasteiger partial charge in [-0.2, -0.15) is 0 Å². The quantitative estimate of drug-likeness (QED) is 0.413. The van der Waals surface area contributed by atoms with Crippen LogP contribution in [0.2, 0.25) is 0 Å². The summed E-state index contributed by atoms with van der Waals surface area (Å²) in [6.45, 7) is 1.37. The van der Waals surface area contributed by atoms with Crippen LogP contribution in [0.15, 0.2) is 18.2 Å². The number of Topliss-reactive ketones (excluding diaryl/α,β-unsaturated/α-hetero) is 1. The van der Waals surface area contributed by atoms with Crippen LogP contribution in [0.25, 0.3) is 0 Å². The number of fused-ring (bicyclic) bond motifs is 1. The summed E-state index contributed by atoms with van der Waals surface area (Å²) in [5.41, 5.74) is 1.79. The molecule has 0 radical (unpaired) electrons. The highest BCUT2D eigenvalue weighted by atomic mass is 16.5. The van der Waals surface area contributed by atoms with Gasteiger partial charge in [-0.05, 0) is 43.0 Å². The van der Waals surface area contributed by atoms with Crippen molar-refractivity contribution < 1.29 is 14.3 Å². The van der Waals surface area contributed by atoms with E-state index in [-0.39, 0.29) is 11.8 Å². The molecule has 0 unspecified atom stereocenters. The van der Waals surface area contributed by atoms with Crippen molar-refractivity contribution >= 4 is 11.8 Å². The van der Waals surface area contributed by atoms with Crippen molar-refractivity contribution in [1.29, 1.82) is 0 Å². The molecule has 1 aromatic rings. The predicted molar refractivity (Wildman–Crippen MR) is 59.6 cm³/mol. The van der Waals surface area contributed by atoms with E-state index >= 15 is 0 Å². The van der Waals surface area contributed by atoms with E-state index < -0.39 is 0 Å². The van der Waals surface area contributed by atoms with Gasteiger partial charge < -0.3 is 4.74 Å². The van der Waals surface area contributed by atoms with E-state index in [0.29, 0.717) is 12.2 Å². The first-order chi connectivity index (χ1) is 7.66. The minimum Gasteiger partial charge on any atom is -0.427 e. The fourth-order valence-electron chi connectivity index (χ4n) is 2.01. The second-order valence-corrected chi connectivity index (χ2v) is 4.04. The number of hydrogen-bond acceptors (Lipinski definition) is 3. The van der Waals surface area contributed by atoms with Crippen LogP contribution in [0, 0.1) is 0 Å². The van der Waals surface area contributed by atoms with Crippen molar-refractivity contribution in [1.82, 2.24) is 0 Å². The molecule has 3 nitrogen and oxygen atoms in total. The van der Waals surface area contributed by atoms with Crippen LogP contribution in [0.4, 0.5) is 0 Å². The van der Waals surface area contributed by atoms with Crippen molar-refractivity contribution in [3.63, 3.8) is 0 Å². The molecule has 0 bridgehead atoms. The molecule has 0 aliphatic heterocycles. The number of carbonyl (C=O) groups is 2. The second kappa shape index (κ2) is 4.47. The van der Waals surface area contributed by atoms with E-state index in [1.54, 1.807) is 18.2 Å². The fraction of sp³-hybridized carbons (Fsp3) is 0.385. The molecule has 0 saturated heterocycles. The maximum absolute atomic E-state index is 11.7. The van der Waals surface area contributed by atoms with Gasteiger partial charge in [0.15, 0.2) is 5.78 Å². The predicted octanol–water partition coefficient (Wildman–Crippen LogP) is 2.52. The zero-order chi connectivity index (χ0) is 11.5. The zero-order valence-electron chi connectivity index (χ0n) is 9.29. The molecule has 0 fully saturated rings. The maximum atomic E-state index is 11.7. The summed E-state index contributed by atoms with van der Waals surface area (Å²) in [6, 6.07) is 5.25. The molecule has 0 saturated carbocycles. The number of esters is 1. The molecule has 0 N–H and O–H groups in total. The molecule has 84 valence electrons. The van der Waals surface area contributed by atoms with E-state index in [1.165, 1.54) is 6.92 Å². The molecule has 0 aromatic heterocycles.